The first-order valence-corrected chi connectivity index (χ1v) is 6.84. The van der Waals surface area contributed by atoms with Gasteiger partial charge in [-0.05, 0) is 29.7 Å². The summed E-state index contributed by atoms with van der Waals surface area (Å²) in [6.07, 6.45) is 2.72. The van der Waals surface area contributed by atoms with Crippen LogP contribution in [0.15, 0.2) is 29.0 Å². The average Bonchev–Trinajstić information content (AvgIpc) is 2.75. The smallest absolute Gasteiger partial charge is 0.140 e. The molecule has 0 radical (unpaired) electrons. The Balaban J connectivity index is 1.75. The lowest BCUT2D eigenvalue weighted by Gasteiger charge is -2.28. The van der Waals surface area contributed by atoms with Crippen molar-refractivity contribution in [2.45, 2.75) is 19.5 Å². The summed E-state index contributed by atoms with van der Waals surface area (Å²) in [5.74, 6) is 1.02. The highest BCUT2D eigenvalue weighted by molar-refractivity contribution is 9.10. The number of hydrogen-bond donors (Lipinski definition) is 0. The van der Waals surface area contributed by atoms with Crippen LogP contribution in [0.4, 0.5) is 0 Å². The van der Waals surface area contributed by atoms with Gasteiger partial charge < -0.3 is 0 Å². The number of halogens is 1. The van der Waals surface area contributed by atoms with Gasteiger partial charge in [-0.15, -0.1) is 0 Å². The van der Waals surface area contributed by atoms with E-state index in [1.807, 2.05) is 11.7 Å². The van der Waals surface area contributed by atoms with Crippen LogP contribution < -0.4 is 0 Å². The number of nitrogens with zero attached hydrogens (tertiary/aromatic N) is 4. The van der Waals surface area contributed by atoms with Crippen LogP contribution in [0.25, 0.3) is 0 Å². The normalized spacial score (nSPS) is 15.7. The molecule has 1 aliphatic heterocycles. The first kappa shape index (κ1) is 11.9. The number of hydrogen-bond acceptors (Lipinski definition) is 3. The van der Waals surface area contributed by atoms with Crippen LogP contribution in [0, 0.1) is 0 Å². The van der Waals surface area contributed by atoms with Gasteiger partial charge in [-0.25, -0.2) is 4.98 Å². The van der Waals surface area contributed by atoms with E-state index < -0.39 is 0 Å². The van der Waals surface area contributed by atoms with Gasteiger partial charge in [-0.2, -0.15) is 5.10 Å². The molecule has 4 nitrogen and oxygen atoms in total. The molecule has 0 amide bonds. The molecular weight excluding hydrogens is 292 g/mol. The second-order valence-corrected chi connectivity index (χ2v) is 5.59. The third-order valence-electron chi connectivity index (χ3n) is 3.43. The lowest BCUT2D eigenvalue weighted by Crippen LogP contribution is -2.31. The van der Waals surface area contributed by atoms with Gasteiger partial charge in [0.15, 0.2) is 0 Å². The average molecular weight is 307 g/mol. The summed E-state index contributed by atoms with van der Waals surface area (Å²) in [5, 5.41) is 4.11. The summed E-state index contributed by atoms with van der Waals surface area (Å²) >= 11 is 3.53. The standard InChI is InChI=1S/C13H15BrN4/c1-17-13(15-9-16-17)8-18-5-4-10-6-12(14)3-2-11(10)7-18/h2-3,6,9H,4-5,7-8H2,1H3. The van der Waals surface area contributed by atoms with Crippen LogP contribution in [0.2, 0.25) is 0 Å². The minimum atomic E-state index is 0.867. The third kappa shape index (κ3) is 2.33. The van der Waals surface area contributed by atoms with Crippen molar-refractivity contribution in [1.82, 2.24) is 19.7 Å². The Morgan fingerprint density at radius 2 is 2.22 bits per heavy atom. The van der Waals surface area contributed by atoms with Crippen LogP contribution in [0.5, 0.6) is 0 Å². The number of aromatic nitrogens is 3. The minimum absolute atomic E-state index is 0.867. The fourth-order valence-electron chi connectivity index (χ4n) is 2.38. The van der Waals surface area contributed by atoms with Crippen molar-refractivity contribution in [3.8, 4) is 0 Å². The van der Waals surface area contributed by atoms with Gasteiger partial charge in [-0.1, -0.05) is 22.0 Å². The molecule has 0 bridgehead atoms. The molecule has 0 fully saturated rings. The topological polar surface area (TPSA) is 34.0 Å². The fourth-order valence-corrected chi connectivity index (χ4v) is 2.79. The van der Waals surface area contributed by atoms with Crippen molar-refractivity contribution in [1.29, 1.82) is 0 Å². The molecule has 0 spiro atoms. The van der Waals surface area contributed by atoms with Crippen molar-refractivity contribution in [3.05, 3.63) is 46.0 Å². The molecule has 0 saturated carbocycles. The third-order valence-corrected chi connectivity index (χ3v) is 3.92. The second-order valence-electron chi connectivity index (χ2n) is 4.67. The SMILES string of the molecule is Cn1ncnc1CN1CCc2cc(Br)ccc2C1. The predicted octanol–water partition coefficient (Wildman–Crippen LogP) is 2.14. The molecule has 5 heteroatoms. The molecule has 2 aromatic rings. The Bertz CT molecular complexity index is 564. The molecule has 0 atom stereocenters. The Morgan fingerprint density at radius 3 is 3.00 bits per heavy atom. The first-order valence-electron chi connectivity index (χ1n) is 6.05. The maximum absolute atomic E-state index is 4.28. The molecule has 1 aliphatic rings. The minimum Gasteiger partial charge on any atom is -0.291 e. The zero-order valence-corrected chi connectivity index (χ0v) is 11.9. The molecule has 0 saturated heterocycles. The summed E-state index contributed by atoms with van der Waals surface area (Å²) in [6.45, 7) is 2.94. The highest BCUT2D eigenvalue weighted by Gasteiger charge is 2.17. The van der Waals surface area contributed by atoms with E-state index in [-0.39, 0.29) is 0 Å². The Hall–Kier alpha value is -1.20. The molecule has 1 aromatic heterocycles. The van der Waals surface area contributed by atoms with Crippen molar-refractivity contribution in [2.75, 3.05) is 6.54 Å². The lowest BCUT2D eigenvalue weighted by atomic mass is 10.00. The number of rotatable bonds is 2. The van der Waals surface area contributed by atoms with E-state index in [0.717, 1.165) is 31.9 Å². The maximum Gasteiger partial charge on any atom is 0.140 e. The molecule has 94 valence electrons. The van der Waals surface area contributed by atoms with Crippen LogP contribution in [-0.2, 0) is 26.6 Å². The summed E-state index contributed by atoms with van der Waals surface area (Å²) < 4.78 is 3.01. The van der Waals surface area contributed by atoms with Gasteiger partial charge in [0.1, 0.15) is 12.2 Å². The zero-order valence-electron chi connectivity index (χ0n) is 10.3. The van der Waals surface area contributed by atoms with Crippen LogP contribution >= 0.6 is 15.9 Å². The highest BCUT2D eigenvalue weighted by atomic mass is 79.9. The van der Waals surface area contributed by atoms with E-state index in [2.05, 4.69) is 49.1 Å². The van der Waals surface area contributed by atoms with Crippen molar-refractivity contribution < 1.29 is 0 Å². The van der Waals surface area contributed by atoms with E-state index in [1.54, 1.807) is 6.33 Å². The molecular formula is C13H15BrN4. The molecule has 0 aliphatic carbocycles. The summed E-state index contributed by atoms with van der Waals surface area (Å²) in [5.41, 5.74) is 2.88. The van der Waals surface area contributed by atoms with Crippen LogP contribution in [-0.4, -0.2) is 26.2 Å². The van der Waals surface area contributed by atoms with Crippen molar-refractivity contribution >= 4 is 15.9 Å². The fraction of sp³-hybridized carbons (Fsp3) is 0.385. The van der Waals surface area contributed by atoms with Gasteiger partial charge in [0.05, 0.1) is 6.54 Å². The quantitative estimate of drug-likeness (QED) is 0.852. The van der Waals surface area contributed by atoms with Crippen molar-refractivity contribution in [3.63, 3.8) is 0 Å². The summed E-state index contributed by atoms with van der Waals surface area (Å²) in [4.78, 5) is 6.70. The Kier molecular flexibility index (Phi) is 3.18. The Morgan fingerprint density at radius 1 is 1.33 bits per heavy atom. The lowest BCUT2D eigenvalue weighted by molar-refractivity contribution is 0.236. The van der Waals surface area contributed by atoms with Crippen LogP contribution in [0.3, 0.4) is 0 Å². The van der Waals surface area contributed by atoms with Gasteiger partial charge >= 0.3 is 0 Å². The molecule has 18 heavy (non-hydrogen) atoms. The van der Waals surface area contributed by atoms with E-state index >= 15 is 0 Å². The summed E-state index contributed by atoms with van der Waals surface area (Å²) in [7, 11) is 1.94. The predicted molar refractivity (Wildman–Crippen MR) is 73.0 cm³/mol. The van der Waals surface area contributed by atoms with Gasteiger partial charge in [-0.3, -0.25) is 9.58 Å². The largest absolute Gasteiger partial charge is 0.291 e. The maximum atomic E-state index is 4.28. The molecule has 2 heterocycles. The van der Waals surface area contributed by atoms with E-state index in [9.17, 15) is 0 Å². The molecule has 3 rings (SSSR count). The first-order chi connectivity index (χ1) is 8.72. The monoisotopic (exact) mass is 306 g/mol. The molecule has 0 N–H and O–H groups in total. The highest BCUT2D eigenvalue weighted by Crippen LogP contribution is 2.23. The molecule has 1 aromatic carbocycles. The second kappa shape index (κ2) is 4.82. The molecule has 0 unspecified atom stereocenters. The number of fused-ring (bicyclic) bond motifs is 1. The van der Waals surface area contributed by atoms with E-state index in [4.69, 9.17) is 0 Å². The zero-order chi connectivity index (χ0) is 12.5. The van der Waals surface area contributed by atoms with Gasteiger partial charge in [0, 0.05) is 24.6 Å². The number of benzene rings is 1. The van der Waals surface area contributed by atoms with Crippen molar-refractivity contribution in [2.24, 2.45) is 7.05 Å². The van der Waals surface area contributed by atoms with Crippen LogP contribution in [0.1, 0.15) is 17.0 Å². The van der Waals surface area contributed by atoms with E-state index in [0.29, 0.717) is 0 Å². The van der Waals surface area contributed by atoms with Gasteiger partial charge in [0.25, 0.3) is 0 Å². The van der Waals surface area contributed by atoms with E-state index in [1.165, 1.54) is 15.6 Å². The Labute approximate surface area is 115 Å². The number of aryl methyl sites for hydroxylation is 1. The summed E-state index contributed by atoms with van der Waals surface area (Å²) in [6, 6.07) is 6.56. The van der Waals surface area contributed by atoms with Gasteiger partial charge in [0.2, 0.25) is 0 Å².